The topological polar surface area (TPSA) is 147 Å². The second kappa shape index (κ2) is 12.3. The molecule has 3 amide bonds. The molecule has 5 atom stereocenters. The SMILES string of the molecule is C=CC1C[C@@]1(NC(=O)[C@@H]1C[C@@H](Oc2ccnc(-c3ccccc3)c2)CN1C(=O)[C@@H](NC(=O)OC(C)(C)C)C(C)(C)C)C(=O)O. The zero-order valence-electron chi connectivity index (χ0n) is 26.1. The summed E-state index contributed by atoms with van der Waals surface area (Å²) < 4.78 is 11.7. The Labute approximate surface area is 258 Å². The van der Waals surface area contributed by atoms with Crippen molar-refractivity contribution in [1.29, 1.82) is 0 Å². The fourth-order valence-electron chi connectivity index (χ4n) is 5.38. The summed E-state index contributed by atoms with van der Waals surface area (Å²) in [5.41, 5.74) is -1.41. The molecule has 11 nitrogen and oxygen atoms in total. The number of alkyl carbamates (subject to hydrolysis) is 1. The summed E-state index contributed by atoms with van der Waals surface area (Å²) in [5.74, 6) is -2.20. The van der Waals surface area contributed by atoms with E-state index in [1.54, 1.807) is 59.9 Å². The third-order valence-corrected chi connectivity index (χ3v) is 7.75. The molecule has 1 unspecified atom stereocenters. The molecule has 236 valence electrons. The van der Waals surface area contributed by atoms with Gasteiger partial charge in [0.05, 0.1) is 12.2 Å². The van der Waals surface area contributed by atoms with Gasteiger partial charge in [0.25, 0.3) is 0 Å². The Morgan fingerprint density at radius 3 is 2.36 bits per heavy atom. The van der Waals surface area contributed by atoms with Crippen LogP contribution in [0, 0.1) is 11.3 Å². The molecule has 1 aromatic carbocycles. The van der Waals surface area contributed by atoms with E-state index >= 15 is 0 Å². The number of aliphatic carboxylic acids is 1. The third-order valence-electron chi connectivity index (χ3n) is 7.75. The fourth-order valence-corrected chi connectivity index (χ4v) is 5.38. The Hall–Kier alpha value is -4.41. The van der Waals surface area contributed by atoms with Crippen LogP contribution in [-0.4, -0.2) is 74.7 Å². The summed E-state index contributed by atoms with van der Waals surface area (Å²) in [6.45, 7) is 14.3. The monoisotopic (exact) mass is 606 g/mol. The maximum absolute atomic E-state index is 14.2. The molecular weight excluding hydrogens is 564 g/mol. The van der Waals surface area contributed by atoms with Crippen molar-refractivity contribution in [2.75, 3.05) is 6.54 Å². The van der Waals surface area contributed by atoms with Gasteiger partial charge in [-0.3, -0.25) is 14.6 Å². The summed E-state index contributed by atoms with van der Waals surface area (Å²) >= 11 is 0. The van der Waals surface area contributed by atoms with Crippen molar-refractivity contribution in [3.05, 3.63) is 61.3 Å². The number of hydrogen-bond donors (Lipinski definition) is 3. The molecule has 1 saturated carbocycles. The molecule has 0 bridgehead atoms. The number of nitrogens with zero attached hydrogens (tertiary/aromatic N) is 2. The van der Waals surface area contributed by atoms with Gasteiger partial charge in [-0.15, -0.1) is 6.58 Å². The number of rotatable bonds is 9. The van der Waals surface area contributed by atoms with Gasteiger partial charge in [-0.05, 0) is 38.7 Å². The quantitative estimate of drug-likeness (QED) is 0.360. The van der Waals surface area contributed by atoms with Crippen molar-refractivity contribution >= 4 is 23.9 Å². The first kappa shape index (κ1) is 32.5. The summed E-state index contributed by atoms with van der Waals surface area (Å²) in [5, 5.41) is 15.3. The normalized spacial score (nSPS) is 23.7. The van der Waals surface area contributed by atoms with Crippen LogP contribution < -0.4 is 15.4 Å². The molecule has 1 aromatic heterocycles. The minimum Gasteiger partial charge on any atom is -0.488 e. The van der Waals surface area contributed by atoms with Crippen molar-refractivity contribution in [2.45, 2.75) is 83.7 Å². The van der Waals surface area contributed by atoms with E-state index in [-0.39, 0.29) is 19.4 Å². The zero-order valence-corrected chi connectivity index (χ0v) is 26.1. The van der Waals surface area contributed by atoms with Gasteiger partial charge in [-0.1, -0.05) is 57.2 Å². The maximum atomic E-state index is 14.2. The van der Waals surface area contributed by atoms with Crippen LogP contribution in [0.3, 0.4) is 0 Å². The van der Waals surface area contributed by atoms with Crippen LogP contribution in [0.5, 0.6) is 5.75 Å². The van der Waals surface area contributed by atoms with E-state index in [1.165, 1.54) is 11.0 Å². The highest BCUT2D eigenvalue weighted by atomic mass is 16.6. The molecule has 4 rings (SSSR count). The fraction of sp³-hybridized carbons (Fsp3) is 0.485. The number of benzene rings is 1. The number of carbonyl (C=O) groups is 4. The lowest BCUT2D eigenvalue weighted by molar-refractivity contribution is -0.146. The minimum absolute atomic E-state index is 0.0352. The molecule has 44 heavy (non-hydrogen) atoms. The Balaban J connectivity index is 1.61. The summed E-state index contributed by atoms with van der Waals surface area (Å²) in [6, 6.07) is 11.0. The molecular formula is C33H42N4O7. The van der Waals surface area contributed by atoms with Crippen LogP contribution in [0.4, 0.5) is 4.79 Å². The molecule has 1 aliphatic carbocycles. The standard InChI is InChI=1S/C33H42N4O7/c1-8-21-18-33(21,29(40)41)36-27(38)25-17-23(43-22-14-15-34-24(16-22)20-12-10-9-11-13-20)19-37(25)28(39)26(31(2,3)4)35-30(42)44-32(5,6)7/h8-16,21,23,25-26H,1,17-19H2,2-7H3,(H,35,42)(H,36,38)(H,40,41)/t21?,23-,25+,26-,33+/m1/s1. The smallest absolute Gasteiger partial charge is 0.408 e. The number of hydrogen-bond acceptors (Lipinski definition) is 7. The Kier molecular flexibility index (Phi) is 9.08. The average molecular weight is 607 g/mol. The number of pyridine rings is 1. The molecule has 1 saturated heterocycles. The summed E-state index contributed by atoms with van der Waals surface area (Å²) in [7, 11) is 0. The van der Waals surface area contributed by atoms with E-state index in [9.17, 15) is 24.3 Å². The molecule has 0 radical (unpaired) electrons. The number of nitrogens with one attached hydrogen (secondary N) is 2. The van der Waals surface area contributed by atoms with Crippen molar-refractivity contribution in [3.63, 3.8) is 0 Å². The van der Waals surface area contributed by atoms with Crippen molar-refractivity contribution < 1.29 is 33.8 Å². The number of amides is 3. The number of carbonyl (C=O) groups excluding carboxylic acids is 3. The van der Waals surface area contributed by atoms with Crippen LogP contribution in [0.15, 0.2) is 61.3 Å². The molecule has 0 spiro atoms. The van der Waals surface area contributed by atoms with Gasteiger partial charge in [-0.2, -0.15) is 0 Å². The van der Waals surface area contributed by atoms with E-state index in [0.717, 1.165) is 5.56 Å². The van der Waals surface area contributed by atoms with E-state index in [0.29, 0.717) is 11.4 Å². The predicted molar refractivity (Wildman–Crippen MR) is 164 cm³/mol. The second-order valence-electron chi connectivity index (χ2n) is 13.5. The van der Waals surface area contributed by atoms with E-state index in [4.69, 9.17) is 9.47 Å². The molecule has 1 aliphatic heterocycles. The second-order valence-corrected chi connectivity index (χ2v) is 13.5. The van der Waals surface area contributed by atoms with Crippen LogP contribution in [0.2, 0.25) is 0 Å². The summed E-state index contributed by atoms with van der Waals surface area (Å²) in [6.07, 6.45) is 2.09. The van der Waals surface area contributed by atoms with Gasteiger partial charge < -0.3 is 30.1 Å². The van der Waals surface area contributed by atoms with Gasteiger partial charge in [0.2, 0.25) is 11.8 Å². The number of ether oxygens (including phenoxy) is 2. The lowest BCUT2D eigenvalue weighted by Crippen LogP contribution is -2.59. The molecule has 2 fully saturated rings. The first-order valence-corrected chi connectivity index (χ1v) is 14.7. The van der Waals surface area contributed by atoms with Gasteiger partial charge in [-0.25, -0.2) is 9.59 Å². The molecule has 3 N–H and O–H groups in total. The zero-order chi connectivity index (χ0) is 32.4. The van der Waals surface area contributed by atoms with E-state index in [1.807, 2.05) is 30.3 Å². The van der Waals surface area contributed by atoms with Crippen LogP contribution in [-0.2, 0) is 19.1 Å². The van der Waals surface area contributed by atoms with E-state index in [2.05, 4.69) is 22.2 Å². The number of carboxylic acids is 1. The lowest BCUT2D eigenvalue weighted by atomic mass is 9.85. The minimum atomic E-state index is -1.47. The lowest BCUT2D eigenvalue weighted by Gasteiger charge is -2.35. The van der Waals surface area contributed by atoms with Gasteiger partial charge >= 0.3 is 12.1 Å². The van der Waals surface area contributed by atoms with Crippen molar-refractivity contribution in [3.8, 4) is 17.0 Å². The van der Waals surface area contributed by atoms with E-state index < -0.39 is 64.5 Å². The van der Waals surface area contributed by atoms with Gasteiger partial charge in [0.15, 0.2) is 0 Å². The third kappa shape index (κ3) is 7.38. The van der Waals surface area contributed by atoms with Crippen LogP contribution in [0.1, 0.15) is 54.4 Å². The number of likely N-dealkylation sites (tertiary alicyclic amines) is 1. The molecule has 2 aliphatic rings. The summed E-state index contributed by atoms with van der Waals surface area (Å²) in [4.78, 5) is 58.5. The molecule has 2 aromatic rings. The Morgan fingerprint density at radius 2 is 1.80 bits per heavy atom. The maximum Gasteiger partial charge on any atom is 0.408 e. The highest BCUT2D eigenvalue weighted by Gasteiger charge is 2.61. The Bertz CT molecular complexity index is 1420. The highest BCUT2D eigenvalue weighted by Crippen LogP contribution is 2.45. The first-order valence-electron chi connectivity index (χ1n) is 14.7. The molecule has 2 heterocycles. The first-order chi connectivity index (χ1) is 20.5. The number of carboxylic acid groups (broad SMARTS) is 1. The average Bonchev–Trinajstić information content (AvgIpc) is 3.50. The number of aromatic nitrogens is 1. The van der Waals surface area contributed by atoms with Gasteiger partial charge in [0.1, 0.15) is 35.1 Å². The predicted octanol–water partition coefficient (Wildman–Crippen LogP) is 4.18. The van der Waals surface area contributed by atoms with Crippen molar-refractivity contribution in [1.82, 2.24) is 20.5 Å². The van der Waals surface area contributed by atoms with Crippen LogP contribution in [0.25, 0.3) is 11.3 Å². The Morgan fingerprint density at radius 1 is 1.11 bits per heavy atom. The highest BCUT2D eigenvalue weighted by molar-refractivity contribution is 5.96. The van der Waals surface area contributed by atoms with Crippen molar-refractivity contribution in [2.24, 2.45) is 11.3 Å². The largest absolute Gasteiger partial charge is 0.488 e. The molecule has 11 heteroatoms. The van der Waals surface area contributed by atoms with Gasteiger partial charge in [0, 0.05) is 30.2 Å². The van der Waals surface area contributed by atoms with Crippen LogP contribution >= 0.6 is 0 Å².